The van der Waals surface area contributed by atoms with Crippen LogP contribution in [0, 0.1) is 13.8 Å². The molecule has 0 aliphatic heterocycles. The van der Waals surface area contributed by atoms with E-state index in [2.05, 4.69) is 19.7 Å². The van der Waals surface area contributed by atoms with Gasteiger partial charge in [-0.2, -0.15) is 0 Å². The van der Waals surface area contributed by atoms with Gasteiger partial charge in [0.25, 0.3) is 10.0 Å². The van der Waals surface area contributed by atoms with Gasteiger partial charge in [-0.15, -0.1) is 0 Å². The van der Waals surface area contributed by atoms with Crippen molar-refractivity contribution in [3.63, 3.8) is 0 Å². The highest BCUT2D eigenvalue weighted by atomic mass is 32.2. The molecule has 0 atom stereocenters. The first kappa shape index (κ1) is 18.7. The molecule has 2 aromatic heterocycles. The largest absolute Gasteiger partial charge is 0.424 e. The molecule has 4 rings (SSSR count). The Morgan fingerprint density at radius 3 is 2.55 bits per heavy atom. The number of anilines is 1. The summed E-state index contributed by atoms with van der Waals surface area (Å²) in [4.78, 5) is 22.1. The number of oxazole rings is 1. The third kappa shape index (κ3) is 4.11. The molecule has 0 aliphatic rings. The summed E-state index contributed by atoms with van der Waals surface area (Å²) in [5, 5.41) is 0. The fraction of sp³-hybridized carbons (Fsp3) is 0.105. The summed E-state index contributed by atoms with van der Waals surface area (Å²) >= 11 is 0. The van der Waals surface area contributed by atoms with Gasteiger partial charge in [-0.05, 0) is 44.2 Å². The van der Waals surface area contributed by atoms with Crippen molar-refractivity contribution in [2.24, 2.45) is 0 Å². The molecule has 0 saturated carbocycles. The molecule has 0 bridgehead atoms. The van der Waals surface area contributed by atoms with Crippen molar-refractivity contribution in [2.45, 2.75) is 18.7 Å². The van der Waals surface area contributed by atoms with Crippen LogP contribution in [0.25, 0.3) is 11.1 Å². The van der Waals surface area contributed by atoms with Gasteiger partial charge in [-0.1, -0.05) is 6.07 Å². The number of nitrogens with one attached hydrogen (secondary N) is 2. The zero-order valence-electron chi connectivity index (χ0n) is 15.5. The minimum Gasteiger partial charge on any atom is -0.424 e. The van der Waals surface area contributed by atoms with E-state index in [9.17, 15) is 13.2 Å². The van der Waals surface area contributed by atoms with Crippen molar-refractivity contribution in [1.82, 2.24) is 15.0 Å². The molecule has 0 spiro atoms. The van der Waals surface area contributed by atoms with Gasteiger partial charge in [0.15, 0.2) is 5.58 Å². The molecule has 29 heavy (non-hydrogen) atoms. The normalized spacial score (nSPS) is 11.5. The lowest BCUT2D eigenvalue weighted by atomic mass is 10.3. The molecule has 2 heterocycles. The zero-order chi connectivity index (χ0) is 20.6. The third-order valence-electron chi connectivity index (χ3n) is 3.96. The maximum absolute atomic E-state index is 12.7. The first-order valence-electron chi connectivity index (χ1n) is 8.54. The number of nitrogens with zero attached hydrogens (tertiary/aromatic N) is 2. The van der Waals surface area contributed by atoms with E-state index >= 15 is 0 Å². The van der Waals surface area contributed by atoms with Crippen LogP contribution < -0.4 is 15.2 Å². The molecule has 0 aliphatic carbocycles. The minimum atomic E-state index is -3.91. The van der Waals surface area contributed by atoms with E-state index in [0.717, 1.165) is 11.4 Å². The average Bonchev–Trinajstić information content (AvgIpc) is 3.00. The number of ether oxygens (including phenoxy) is 1. The van der Waals surface area contributed by atoms with Gasteiger partial charge in [0.1, 0.15) is 5.75 Å². The van der Waals surface area contributed by atoms with Crippen LogP contribution in [0.3, 0.4) is 0 Å². The molecule has 148 valence electrons. The summed E-state index contributed by atoms with van der Waals surface area (Å²) in [5.74, 6) is -0.275. The van der Waals surface area contributed by atoms with E-state index < -0.39 is 15.8 Å². The highest BCUT2D eigenvalue weighted by Gasteiger charge is 2.17. The predicted octanol–water partition coefficient (Wildman–Crippen LogP) is 3.12. The average molecular weight is 412 g/mol. The maximum Gasteiger partial charge on any atom is 0.417 e. The summed E-state index contributed by atoms with van der Waals surface area (Å²) < 4.78 is 38.5. The number of rotatable bonds is 5. The third-order valence-corrected chi connectivity index (χ3v) is 5.34. The van der Waals surface area contributed by atoms with Crippen LogP contribution in [-0.2, 0) is 10.0 Å². The number of hydrogen-bond donors (Lipinski definition) is 2. The zero-order valence-corrected chi connectivity index (χ0v) is 16.3. The SMILES string of the molecule is Cc1cc(C)nc(Oc2cccc(NS(=O)(=O)c3ccc4[nH]c(=O)oc4c3)c2)n1. The lowest BCUT2D eigenvalue weighted by Gasteiger charge is -2.10. The van der Waals surface area contributed by atoms with E-state index in [4.69, 9.17) is 9.15 Å². The van der Waals surface area contributed by atoms with E-state index in [0.29, 0.717) is 17.0 Å². The molecule has 0 unspecified atom stereocenters. The highest BCUT2D eigenvalue weighted by Crippen LogP contribution is 2.25. The van der Waals surface area contributed by atoms with E-state index in [1.807, 2.05) is 19.9 Å². The Bertz CT molecular complexity index is 1350. The van der Waals surface area contributed by atoms with E-state index in [1.54, 1.807) is 18.2 Å². The van der Waals surface area contributed by atoms with Gasteiger partial charge < -0.3 is 9.15 Å². The molecule has 9 nitrogen and oxygen atoms in total. The summed E-state index contributed by atoms with van der Waals surface area (Å²) in [6.07, 6.45) is 0. The molecule has 0 saturated heterocycles. The standard InChI is InChI=1S/C19H16N4O5S/c1-11-8-12(2)21-18(20-11)27-14-5-3-4-13(9-14)23-29(25,26)15-6-7-16-17(10-15)28-19(24)22-16/h3-10,23H,1-2H3,(H,22,24). The van der Waals surface area contributed by atoms with Crippen LogP contribution in [0.4, 0.5) is 5.69 Å². The van der Waals surface area contributed by atoms with Crippen LogP contribution in [0.5, 0.6) is 11.8 Å². The Hall–Kier alpha value is -3.66. The lowest BCUT2D eigenvalue weighted by Crippen LogP contribution is -2.12. The Morgan fingerprint density at radius 2 is 1.79 bits per heavy atom. The topological polar surface area (TPSA) is 127 Å². The highest BCUT2D eigenvalue weighted by molar-refractivity contribution is 7.92. The number of aromatic amines is 1. The molecule has 2 N–H and O–H groups in total. The van der Waals surface area contributed by atoms with E-state index in [1.165, 1.54) is 24.3 Å². The minimum absolute atomic E-state index is 0.0447. The van der Waals surface area contributed by atoms with Gasteiger partial charge in [-0.3, -0.25) is 9.71 Å². The van der Waals surface area contributed by atoms with Gasteiger partial charge in [0.2, 0.25) is 0 Å². The smallest absolute Gasteiger partial charge is 0.417 e. The van der Waals surface area contributed by atoms with Crippen LogP contribution in [0.2, 0.25) is 0 Å². The van der Waals surface area contributed by atoms with Crippen LogP contribution in [0.1, 0.15) is 11.4 Å². The Morgan fingerprint density at radius 1 is 1.03 bits per heavy atom. The quantitative estimate of drug-likeness (QED) is 0.515. The summed E-state index contributed by atoms with van der Waals surface area (Å²) in [6.45, 7) is 3.66. The van der Waals surface area contributed by atoms with Crippen molar-refractivity contribution in [3.05, 3.63) is 70.5 Å². The van der Waals surface area contributed by atoms with Crippen LogP contribution >= 0.6 is 0 Å². The second-order valence-electron chi connectivity index (χ2n) is 6.34. The van der Waals surface area contributed by atoms with Gasteiger partial charge in [0.05, 0.1) is 16.1 Å². The Balaban J connectivity index is 1.59. The van der Waals surface area contributed by atoms with Crippen molar-refractivity contribution in [2.75, 3.05) is 4.72 Å². The first-order chi connectivity index (χ1) is 13.8. The molecule has 2 aromatic carbocycles. The van der Waals surface area contributed by atoms with Gasteiger partial charge >= 0.3 is 11.8 Å². The van der Waals surface area contributed by atoms with Gasteiger partial charge in [0, 0.05) is 23.5 Å². The maximum atomic E-state index is 12.7. The van der Waals surface area contributed by atoms with Crippen molar-refractivity contribution < 1.29 is 17.6 Å². The number of H-pyrrole nitrogens is 1. The summed E-state index contributed by atoms with van der Waals surface area (Å²) in [5.41, 5.74) is 2.38. The van der Waals surface area contributed by atoms with Gasteiger partial charge in [-0.25, -0.2) is 23.2 Å². The molecular weight excluding hydrogens is 396 g/mol. The van der Waals surface area contributed by atoms with Crippen LogP contribution in [0.15, 0.2) is 62.6 Å². The first-order valence-corrected chi connectivity index (χ1v) is 10.0. The van der Waals surface area contributed by atoms with Crippen molar-refractivity contribution >= 4 is 26.8 Å². The number of aryl methyl sites for hydroxylation is 2. The summed E-state index contributed by atoms with van der Waals surface area (Å²) in [6, 6.07) is 12.5. The van der Waals surface area contributed by atoms with Crippen molar-refractivity contribution in [3.8, 4) is 11.8 Å². The number of fused-ring (bicyclic) bond motifs is 1. The van der Waals surface area contributed by atoms with E-state index in [-0.39, 0.29) is 16.5 Å². The predicted molar refractivity (Wildman–Crippen MR) is 106 cm³/mol. The fourth-order valence-corrected chi connectivity index (χ4v) is 3.84. The monoisotopic (exact) mass is 412 g/mol. The molecular formula is C19H16N4O5S. The lowest BCUT2D eigenvalue weighted by molar-refractivity contribution is 0.439. The summed E-state index contributed by atoms with van der Waals surface area (Å²) in [7, 11) is -3.91. The Kier molecular flexibility index (Phi) is 4.55. The second kappa shape index (κ2) is 7.06. The Labute approximate surface area is 165 Å². The molecule has 10 heteroatoms. The second-order valence-corrected chi connectivity index (χ2v) is 8.02. The molecule has 0 fully saturated rings. The number of benzene rings is 2. The molecule has 4 aromatic rings. The van der Waals surface area contributed by atoms with Crippen molar-refractivity contribution in [1.29, 1.82) is 0 Å². The number of aromatic nitrogens is 3. The number of sulfonamides is 1. The number of hydrogen-bond acceptors (Lipinski definition) is 7. The fourth-order valence-electron chi connectivity index (χ4n) is 2.77. The molecule has 0 amide bonds. The van der Waals surface area contributed by atoms with Crippen LogP contribution in [-0.4, -0.2) is 23.4 Å². The molecule has 0 radical (unpaired) electrons.